The van der Waals surface area contributed by atoms with E-state index in [2.05, 4.69) is 60.7 Å². The second-order valence-corrected chi connectivity index (χ2v) is 7.91. The van der Waals surface area contributed by atoms with Gasteiger partial charge >= 0.3 is 0 Å². The number of thioether (sulfide) groups is 1. The molecule has 0 aliphatic rings. The van der Waals surface area contributed by atoms with Crippen LogP contribution < -0.4 is 0 Å². The fourth-order valence-corrected chi connectivity index (χ4v) is 3.68. The van der Waals surface area contributed by atoms with Crippen LogP contribution in [-0.4, -0.2) is 15.3 Å². The van der Waals surface area contributed by atoms with Crippen LogP contribution in [0.1, 0.15) is 52.0 Å². The SMILES string of the molecule is CCCCC(=Cc1ccc(SCCC(C)C)cc1)Cn1ccnc1. The Morgan fingerprint density at radius 2 is 2.04 bits per heavy atom. The summed E-state index contributed by atoms with van der Waals surface area (Å²) in [6.07, 6.45) is 13.0. The van der Waals surface area contributed by atoms with E-state index in [9.17, 15) is 0 Å². The molecular formula is C21H30N2S. The molecule has 0 radical (unpaired) electrons. The number of hydrogen-bond donors (Lipinski definition) is 0. The Morgan fingerprint density at radius 1 is 1.25 bits per heavy atom. The number of aromatic nitrogens is 2. The third-order valence-electron chi connectivity index (χ3n) is 4.01. The number of unbranched alkanes of at least 4 members (excludes halogenated alkanes) is 1. The van der Waals surface area contributed by atoms with Crippen molar-refractivity contribution < 1.29 is 0 Å². The Kier molecular flexibility index (Phi) is 8.17. The maximum atomic E-state index is 4.15. The van der Waals surface area contributed by atoms with Gasteiger partial charge in [0, 0.05) is 23.8 Å². The van der Waals surface area contributed by atoms with Crippen molar-refractivity contribution in [2.24, 2.45) is 5.92 Å². The quantitative estimate of drug-likeness (QED) is 0.472. The molecule has 0 aliphatic heterocycles. The summed E-state index contributed by atoms with van der Waals surface area (Å²) in [6, 6.07) is 9.01. The number of hydrogen-bond acceptors (Lipinski definition) is 2. The average molecular weight is 343 g/mol. The van der Waals surface area contributed by atoms with Crippen LogP contribution in [0.4, 0.5) is 0 Å². The van der Waals surface area contributed by atoms with Crippen LogP contribution in [0.25, 0.3) is 6.08 Å². The van der Waals surface area contributed by atoms with E-state index in [4.69, 9.17) is 0 Å². The molecule has 0 N–H and O–H groups in total. The molecule has 2 nitrogen and oxygen atoms in total. The molecule has 130 valence electrons. The molecule has 24 heavy (non-hydrogen) atoms. The predicted molar refractivity (Wildman–Crippen MR) is 106 cm³/mol. The fourth-order valence-electron chi connectivity index (χ4n) is 2.52. The maximum Gasteiger partial charge on any atom is 0.0948 e. The first-order valence-corrected chi connectivity index (χ1v) is 10.0. The van der Waals surface area contributed by atoms with Crippen molar-refractivity contribution in [3.05, 3.63) is 54.1 Å². The van der Waals surface area contributed by atoms with Gasteiger partial charge in [0.05, 0.1) is 6.33 Å². The molecule has 0 fully saturated rings. The normalized spacial score (nSPS) is 12.1. The average Bonchev–Trinajstić information content (AvgIpc) is 3.07. The van der Waals surface area contributed by atoms with E-state index in [0.717, 1.165) is 18.9 Å². The predicted octanol–water partition coefficient (Wildman–Crippen LogP) is 6.30. The van der Waals surface area contributed by atoms with Gasteiger partial charge in [0.25, 0.3) is 0 Å². The monoisotopic (exact) mass is 342 g/mol. The van der Waals surface area contributed by atoms with Gasteiger partial charge in [-0.25, -0.2) is 4.98 Å². The number of rotatable bonds is 10. The molecule has 2 aromatic rings. The lowest BCUT2D eigenvalue weighted by Crippen LogP contribution is -1.98. The van der Waals surface area contributed by atoms with Crippen molar-refractivity contribution in [1.29, 1.82) is 0 Å². The van der Waals surface area contributed by atoms with E-state index < -0.39 is 0 Å². The van der Waals surface area contributed by atoms with Gasteiger partial charge in [0.15, 0.2) is 0 Å². The molecule has 0 unspecified atom stereocenters. The Balaban J connectivity index is 1.99. The van der Waals surface area contributed by atoms with Crippen molar-refractivity contribution in [1.82, 2.24) is 9.55 Å². The first kappa shape index (κ1) is 18.9. The van der Waals surface area contributed by atoms with Gasteiger partial charge in [-0.1, -0.05) is 45.4 Å². The molecule has 0 aliphatic carbocycles. The highest BCUT2D eigenvalue weighted by molar-refractivity contribution is 7.99. The molecule has 0 atom stereocenters. The Hall–Kier alpha value is -1.48. The number of benzene rings is 1. The van der Waals surface area contributed by atoms with Gasteiger partial charge in [0.2, 0.25) is 0 Å². The Labute approximate surface area is 151 Å². The second-order valence-electron chi connectivity index (χ2n) is 6.74. The van der Waals surface area contributed by atoms with Crippen molar-refractivity contribution in [3.63, 3.8) is 0 Å². The van der Waals surface area contributed by atoms with E-state index in [1.807, 2.05) is 30.5 Å². The van der Waals surface area contributed by atoms with Gasteiger partial charge < -0.3 is 4.57 Å². The summed E-state index contributed by atoms with van der Waals surface area (Å²) in [4.78, 5) is 5.52. The summed E-state index contributed by atoms with van der Waals surface area (Å²) in [5, 5.41) is 0. The number of allylic oxidation sites excluding steroid dienone is 1. The van der Waals surface area contributed by atoms with Gasteiger partial charge in [-0.15, -0.1) is 11.8 Å². The Morgan fingerprint density at radius 3 is 2.67 bits per heavy atom. The smallest absolute Gasteiger partial charge is 0.0948 e. The van der Waals surface area contributed by atoms with Gasteiger partial charge in [-0.3, -0.25) is 0 Å². The van der Waals surface area contributed by atoms with Crippen LogP contribution in [-0.2, 0) is 6.54 Å². The molecule has 0 amide bonds. The highest BCUT2D eigenvalue weighted by Gasteiger charge is 2.01. The van der Waals surface area contributed by atoms with Gasteiger partial charge in [0.1, 0.15) is 0 Å². The molecular weight excluding hydrogens is 312 g/mol. The van der Waals surface area contributed by atoms with Crippen LogP contribution >= 0.6 is 11.8 Å². The summed E-state index contributed by atoms with van der Waals surface area (Å²) in [5.41, 5.74) is 2.77. The van der Waals surface area contributed by atoms with E-state index >= 15 is 0 Å². The standard InChI is InChI=1S/C21H30N2S/c1-4-5-6-20(16-23-13-12-22-17-23)15-19-7-9-21(10-8-19)24-14-11-18(2)3/h7-10,12-13,15,17-18H,4-6,11,14,16H2,1-3H3. The zero-order chi connectivity index (χ0) is 17.2. The lowest BCUT2D eigenvalue weighted by Gasteiger charge is -2.09. The highest BCUT2D eigenvalue weighted by atomic mass is 32.2. The first-order chi connectivity index (χ1) is 11.7. The van der Waals surface area contributed by atoms with E-state index in [1.165, 1.54) is 41.0 Å². The topological polar surface area (TPSA) is 17.8 Å². The zero-order valence-electron chi connectivity index (χ0n) is 15.2. The van der Waals surface area contributed by atoms with Crippen molar-refractivity contribution in [2.45, 2.75) is 57.9 Å². The fraction of sp³-hybridized carbons (Fsp3) is 0.476. The maximum absolute atomic E-state index is 4.15. The largest absolute Gasteiger partial charge is 0.333 e. The van der Waals surface area contributed by atoms with Crippen molar-refractivity contribution in [2.75, 3.05) is 5.75 Å². The second kappa shape index (κ2) is 10.4. The summed E-state index contributed by atoms with van der Waals surface area (Å²) in [5.74, 6) is 1.99. The lowest BCUT2D eigenvalue weighted by molar-refractivity contribution is 0.632. The molecule has 1 aromatic carbocycles. The third kappa shape index (κ3) is 6.96. The molecule has 0 saturated heterocycles. The van der Waals surface area contributed by atoms with Gasteiger partial charge in [-0.05, 0) is 54.2 Å². The third-order valence-corrected chi connectivity index (χ3v) is 5.06. The Bertz CT molecular complexity index is 597. The minimum Gasteiger partial charge on any atom is -0.333 e. The summed E-state index contributed by atoms with van der Waals surface area (Å²) in [7, 11) is 0. The minimum absolute atomic E-state index is 0.781. The molecule has 3 heteroatoms. The first-order valence-electron chi connectivity index (χ1n) is 9.05. The number of imidazole rings is 1. The molecule has 1 heterocycles. The number of nitrogens with zero attached hydrogens (tertiary/aromatic N) is 2. The summed E-state index contributed by atoms with van der Waals surface area (Å²) < 4.78 is 2.15. The van der Waals surface area contributed by atoms with Crippen LogP contribution in [0.3, 0.4) is 0 Å². The van der Waals surface area contributed by atoms with Crippen LogP contribution in [0, 0.1) is 5.92 Å². The van der Waals surface area contributed by atoms with Crippen LogP contribution in [0.15, 0.2) is 53.5 Å². The highest BCUT2D eigenvalue weighted by Crippen LogP contribution is 2.22. The molecule has 0 saturated carbocycles. The van der Waals surface area contributed by atoms with E-state index in [1.54, 1.807) is 0 Å². The molecule has 2 rings (SSSR count). The van der Waals surface area contributed by atoms with Crippen molar-refractivity contribution in [3.8, 4) is 0 Å². The molecule has 1 aromatic heterocycles. The summed E-state index contributed by atoms with van der Waals surface area (Å²) >= 11 is 1.96. The molecule has 0 spiro atoms. The van der Waals surface area contributed by atoms with Crippen LogP contribution in [0.2, 0.25) is 0 Å². The zero-order valence-corrected chi connectivity index (χ0v) is 16.1. The summed E-state index contributed by atoms with van der Waals surface area (Å²) in [6.45, 7) is 7.75. The lowest BCUT2D eigenvalue weighted by atomic mass is 10.1. The molecule has 0 bridgehead atoms. The minimum atomic E-state index is 0.781. The van der Waals surface area contributed by atoms with Gasteiger partial charge in [-0.2, -0.15) is 0 Å². The van der Waals surface area contributed by atoms with Crippen LogP contribution in [0.5, 0.6) is 0 Å². The van der Waals surface area contributed by atoms with Crippen molar-refractivity contribution >= 4 is 17.8 Å². The van der Waals surface area contributed by atoms with E-state index in [0.29, 0.717) is 0 Å². The van der Waals surface area contributed by atoms with E-state index in [-0.39, 0.29) is 0 Å².